The van der Waals surface area contributed by atoms with Crippen LogP contribution < -0.4 is 0 Å². The van der Waals surface area contributed by atoms with E-state index in [1.807, 2.05) is 12.1 Å². The zero-order valence-corrected chi connectivity index (χ0v) is 9.17. The standard InChI is InChI=1S/C12H17NO3/c14-8-11-9-16-5-4-13(11)7-10-2-1-3-12(15)6-10/h1-3,6,11,14-15H,4-5,7-9H2. The largest absolute Gasteiger partial charge is 0.508 e. The molecule has 1 heterocycles. The summed E-state index contributed by atoms with van der Waals surface area (Å²) in [6.07, 6.45) is 0. The first kappa shape index (κ1) is 11.4. The number of rotatable bonds is 3. The molecule has 2 N–H and O–H groups in total. The van der Waals surface area contributed by atoms with Gasteiger partial charge in [0, 0.05) is 13.1 Å². The van der Waals surface area contributed by atoms with Crippen molar-refractivity contribution < 1.29 is 14.9 Å². The van der Waals surface area contributed by atoms with Crippen LogP contribution in [0.1, 0.15) is 5.56 Å². The van der Waals surface area contributed by atoms with Gasteiger partial charge in [-0.05, 0) is 17.7 Å². The first-order valence-electron chi connectivity index (χ1n) is 5.50. The lowest BCUT2D eigenvalue weighted by atomic mass is 10.1. The Morgan fingerprint density at radius 2 is 2.31 bits per heavy atom. The summed E-state index contributed by atoms with van der Waals surface area (Å²) in [5.74, 6) is 0.284. The Kier molecular flexibility index (Phi) is 3.77. The second-order valence-electron chi connectivity index (χ2n) is 4.05. The maximum atomic E-state index is 9.37. The molecule has 0 aliphatic carbocycles. The molecule has 0 radical (unpaired) electrons. The Hall–Kier alpha value is -1.10. The number of aliphatic hydroxyl groups is 1. The lowest BCUT2D eigenvalue weighted by Gasteiger charge is -2.34. The second kappa shape index (κ2) is 5.30. The van der Waals surface area contributed by atoms with Gasteiger partial charge in [0.1, 0.15) is 5.75 Å². The van der Waals surface area contributed by atoms with Crippen LogP contribution >= 0.6 is 0 Å². The van der Waals surface area contributed by atoms with Gasteiger partial charge in [0.05, 0.1) is 25.9 Å². The van der Waals surface area contributed by atoms with Crippen molar-refractivity contribution >= 4 is 0 Å². The van der Waals surface area contributed by atoms with E-state index in [-0.39, 0.29) is 18.4 Å². The first-order valence-corrected chi connectivity index (χ1v) is 5.50. The lowest BCUT2D eigenvalue weighted by molar-refractivity contribution is -0.0312. The molecule has 1 fully saturated rings. The highest BCUT2D eigenvalue weighted by molar-refractivity contribution is 5.27. The molecule has 16 heavy (non-hydrogen) atoms. The number of nitrogens with zero attached hydrogens (tertiary/aromatic N) is 1. The third-order valence-corrected chi connectivity index (χ3v) is 2.86. The van der Waals surface area contributed by atoms with Gasteiger partial charge in [-0.15, -0.1) is 0 Å². The van der Waals surface area contributed by atoms with Crippen LogP contribution in [0.3, 0.4) is 0 Å². The lowest BCUT2D eigenvalue weighted by Crippen LogP contribution is -2.46. The van der Waals surface area contributed by atoms with E-state index >= 15 is 0 Å². The molecule has 1 atom stereocenters. The predicted molar refractivity (Wildman–Crippen MR) is 60.2 cm³/mol. The molecular weight excluding hydrogens is 206 g/mol. The highest BCUT2D eigenvalue weighted by Gasteiger charge is 2.22. The number of ether oxygens (including phenoxy) is 1. The van der Waals surface area contributed by atoms with E-state index in [1.54, 1.807) is 12.1 Å². The van der Waals surface area contributed by atoms with Crippen molar-refractivity contribution in [2.45, 2.75) is 12.6 Å². The number of aliphatic hydroxyl groups excluding tert-OH is 1. The minimum Gasteiger partial charge on any atom is -0.508 e. The van der Waals surface area contributed by atoms with E-state index in [9.17, 15) is 10.2 Å². The van der Waals surface area contributed by atoms with E-state index in [0.717, 1.165) is 18.7 Å². The summed E-state index contributed by atoms with van der Waals surface area (Å²) >= 11 is 0. The average Bonchev–Trinajstić information content (AvgIpc) is 2.30. The van der Waals surface area contributed by atoms with Gasteiger partial charge in [-0.3, -0.25) is 4.90 Å². The summed E-state index contributed by atoms with van der Waals surface area (Å²) in [5.41, 5.74) is 1.06. The number of hydrogen-bond donors (Lipinski definition) is 2. The molecule has 0 spiro atoms. The number of hydrogen-bond acceptors (Lipinski definition) is 4. The molecule has 88 valence electrons. The highest BCUT2D eigenvalue weighted by atomic mass is 16.5. The van der Waals surface area contributed by atoms with Crippen LogP contribution in [0.4, 0.5) is 0 Å². The molecule has 4 nitrogen and oxygen atoms in total. The summed E-state index contributed by atoms with van der Waals surface area (Å²) in [5, 5.41) is 18.6. The van der Waals surface area contributed by atoms with Gasteiger partial charge in [-0.25, -0.2) is 0 Å². The molecule has 1 aliphatic rings. The van der Waals surface area contributed by atoms with Crippen LogP contribution in [-0.2, 0) is 11.3 Å². The molecule has 1 unspecified atom stereocenters. The van der Waals surface area contributed by atoms with Crippen molar-refractivity contribution in [2.75, 3.05) is 26.4 Å². The monoisotopic (exact) mass is 223 g/mol. The van der Waals surface area contributed by atoms with E-state index < -0.39 is 0 Å². The highest BCUT2D eigenvalue weighted by Crippen LogP contribution is 2.16. The minimum atomic E-state index is 0.0658. The number of phenols is 1. The van der Waals surface area contributed by atoms with Crippen LogP contribution in [0, 0.1) is 0 Å². The Bertz CT molecular complexity index is 343. The molecule has 1 saturated heterocycles. The molecule has 4 heteroatoms. The fraction of sp³-hybridized carbons (Fsp3) is 0.500. The molecule has 0 amide bonds. The van der Waals surface area contributed by atoms with E-state index in [2.05, 4.69) is 4.90 Å². The fourth-order valence-electron chi connectivity index (χ4n) is 1.95. The Labute approximate surface area is 95.1 Å². The van der Waals surface area contributed by atoms with Crippen molar-refractivity contribution in [1.29, 1.82) is 0 Å². The fourth-order valence-corrected chi connectivity index (χ4v) is 1.95. The van der Waals surface area contributed by atoms with Crippen molar-refractivity contribution in [3.63, 3.8) is 0 Å². The van der Waals surface area contributed by atoms with Crippen LogP contribution in [-0.4, -0.2) is 47.5 Å². The topological polar surface area (TPSA) is 52.9 Å². The maximum absolute atomic E-state index is 9.37. The molecule has 1 aromatic carbocycles. The van der Waals surface area contributed by atoms with E-state index in [4.69, 9.17) is 4.74 Å². The van der Waals surface area contributed by atoms with Crippen molar-refractivity contribution in [2.24, 2.45) is 0 Å². The van der Waals surface area contributed by atoms with Gasteiger partial charge in [-0.2, -0.15) is 0 Å². The zero-order valence-electron chi connectivity index (χ0n) is 9.17. The van der Waals surface area contributed by atoms with Gasteiger partial charge in [0.25, 0.3) is 0 Å². The Balaban J connectivity index is 2.02. The molecule has 1 aliphatic heterocycles. The first-order chi connectivity index (χ1) is 7.79. The average molecular weight is 223 g/mol. The van der Waals surface area contributed by atoms with Gasteiger partial charge >= 0.3 is 0 Å². The van der Waals surface area contributed by atoms with Gasteiger partial charge in [0.15, 0.2) is 0 Å². The van der Waals surface area contributed by atoms with Gasteiger partial charge in [0.2, 0.25) is 0 Å². The molecule has 0 saturated carbocycles. The molecule has 2 rings (SSSR count). The number of morpholine rings is 1. The molecule has 0 bridgehead atoms. The second-order valence-corrected chi connectivity index (χ2v) is 4.05. The maximum Gasteiger partial charge on any atom is 0.115 e. The summed E-state index contributed by atoms with van der Waals surface area (Å²) in [6.45, 7) is 2.95. The van der Waals surface area contributed by atoms with Crippen molar-refractivity contribution in [3.8, 4) is 5.75 Å². The van der Waals surface area contributed by atoms with E-state index in [0.29, 0.717) is 13.2 Å². The summed E-state index contributed by atoms with van der Waals surface area (Å²) in [6, 6.07) is 7.29. The number of aromatic hydroxyl groups is 1. The Morgan fingerprint density at radius 1 is 1.44 bits per heavy atom. The summed E-state index contributed by atoms with van der Waals surface area (Å²) < 4.78 is 5.31. The quantitative estimate of drug-likeness (QED) is 0.787. The smallest absolute Gasteiger partial charge is 0.115 e. The summed E-state index contributed by atoms with van der Waals surface area (Å²) in [4.78, 5) is 2.18. The van der Waals surface area contributed by atoms with Crippen molar-refractivity contribution in [3.05, 3.63) is 29.8 Å². The van der Waals surface area contributed by atoms with Crippen LogP contribution in [0.2, 0.25) is 0 Å². The van der Waals surface area contributed by atoms with Crippen molar-refractivity contribution in [1.82, 2.24) is 4.90 Å². The van der Waals surface area contributed by atoms with Crippen LogP contribution in [0.5, 0.6) is 5.75 Å². The van der Waals surface area contributed by atoms with E-state index in [1.165, 1.54) is 0 Å². The van der Waals surface area contributed by atoms with Crippen LogP contribution in [0.15, 0.2) is 24.3 Å². The third-order valence-electron chi connectivity index (χ3n) is 2.86. The minimum absolute atomic E-state index is 0.0658. The zero-order chi connectivity index (χ0) is 11.4. The predicted octanol–water partition coefficient (Wildman–Crippen LogP) is 0.585. The summed E-state index contributed by atoms with van der Waals surface area (Å²) in [7, 11) is 0. The van der Waals surface area contributed by atoms with Gasteiger partial charge in [-0.1, -0.05) is 12.1 Å². The SMILES string of the molecule is OCC1COCCN1Cc1cccc(O)c1. The number of benzene rings is 1. The third kappa shape index (κ3) is 2.72. The Morgan fingerprint density at radius 3 is 3.06 bits per heavy atom. The van der Waals surface area contributed by atoms with Gasteiger partial charge < -0.3 is 14.9 Å². The van der Waals surface area contributed by atoms with Crippen LogP contribution in [0.25, 0.3) is 0 Å². The molecular formula is C12H17NO3. The normalized spacial score (nSPS) is 22.2. The molecule has 0 aromatic heterocycles. The molecule has 1 aromatic rings. The number of phenolic OH excluding ortho intramolecular Hbond substituents is 1.